The van der Waals surface area contributed by atoms with E-state index < -0.39 is 11.9 Å². The molecule has 6 nitrogen and oxygen atoms in total. The zero-order valence-electron chi connectivity index (χ0n) is 14.1. The Kier molecular flexibility index (Phi) is 5.09. The smallest absolute Gasteiger partial charge is 0.261 e. The van der Waals surface area contributed by atoms with Gasteiger partial charge in [-0.05, 0) is 43.3 Å². The molecule has 0 aliphatic rings. The second-order valence-electron chi connectivity index (χ2n) is 5.91. The van der Waals surface area contributed by atoms with Crippen LogP contribution >= 0.6 is 0 Å². The van der Waals surface area contributed by atoms with Crippen LogP contribution in [0.2, 0.25) is 0 Å². The van der Waals surface area contributed by atoms with Gasteiger partial charge in [0.2, 0.25) is 0 Å². The Hall–Kier alpha value is -3.06. The van der Waals surface area contributed by atoms with E-state index in [4.69, 9.17) is 4.74 Å². The third kappa shape index (κ3) is 3.94. The van der Waals surface area contributed by atoms with Crippen LogP contribution in [0.15, 0.2) is 53.6 Å². The van der Waals surface area contributed by atoms with Crippen molar-refractivity contribution in [2.24, 2.45) is 0 Å². The Morgan fingerprint density at radius 2 is 2.00 bits per heavy atom. The Balaban J connectivity index is 1.66. The molecule has 0 saturated carbocycles. The van der Waals surface area contributed by atoms with Crippen LogP contribution in [0.4, 0.5) is 4.39 Å². The SMILES string of the molecule is CC(=O)c1ccc(OC[C@@H](O)Cn2cnc3cc(F)ccc3c2=O)cc1. The van der Waals surface area contributed by atoms with Crippen LogP contribution in [-0.4, -0.2) is 33.2 Å². The summed E-state index contributed by atoms with van der Waals surface area (Å²) in [6, 6.07) is 10.3. The number of aromatic nitrogens is 2. The number of benzene rings is 2. The number of carbonyl (C=O) groups is 1. The molecule has 0 spiro atoms. The number of carbonyl (C=O) groups excluding carboxylic acids is 1. The largest absolute Gasteiger partial charge is 0.491 e. The summed E-state index contributed by atoms with van der Waals surface area (Å²) in [6.45, 7) is 1.43. The molecule has 3 rings (SSSR count). The standard InChI is InChI=1S/C19H17FN2O4/c1-12(23)13-2-5-16(6-3-13)26-10-15(24)9-22-11-21-18-8-14(20)4-7-17(18)19(22)25/h2-8,11,15,24H,9-10H2,1H3/t15-/m0/s1. The number of fused-ring (bicyclic) bond motifs is 1. The minimum absolute atomic E-state index is 0.00925. The maximum Gasteiger partial charge on any atom is 0.261 e. The molecule has 0 fully saturated rings. The number of hydrogen-bond donors (Lipinski definition) is 1. The number of Topliss-reactive ketones (excluding diaryl/α,β-unsaturated/α-hetero) is 1. The first-order chi connectivity index (χ1) is 12.4. The summed E-state index contributed by atoms with van der Waals surface area (Å²) in [5.41, 5.74) is 0.477. The van der Waals surface area contributed by atoms with Crippen LogP contribution in [0.1, 0.15) is 17.3 Å². The van der Waals surface area contributed by atoms with Crippen molar-refractivity contribution < 1.29 is 19.0 Å². The second-order valence-corrected chi connectivity index (χ2v) is 5.91. The second kappa shape index (κ2) is 7.45. The van der Waals surface area contributed by atoms with Crippen molar-refractivity contribution in [3.63, 3.8) is 0 Å². The average Bonchev–Trinajstić information content (AvgIpc) is 2.62. The van der Waals surface area contributed by atoms with Gasteiger partial charge in [0.25, 0.3) is 5.56 Å². The average molecular weight is 356 g/mol. The van der Waals surface area contributed by atoms with Crippen LogP contribution in [0.5, 0.6) is 5.75 Å². The Labute approximate surface area is 148 Å². The monoisotopic (exact) mass is 356 g/mol. The lowest BCUT2D eigenvalue weighted by Gasteiger charge is -2.14. The van der Waals surface area contributed by atoms with E-state index in [1.54, 1.807) is 24.3 Å². The van der Waals surface area contributed by atoms with Crippen molar-refractivity contribution >= 4 is 16.7 Å². The van der Waals surface area contributed by atoms with Gasteiger partial charge in [-0.25, -0.2) is 9.37 Å². The van der Waals surface area contributed by atoms with E-state index in [1.807, 2.05) is 0 Å². The van der Waals surface area contributed by atoms with Crippen molar-refractivity contribution in [3.05, 3.63) is 70.5 Å². The molecule has 1 atom stereocenters. The minimum atomic E-state index is -0.945. The molecule has 0 radical (unpaired) electrons. The molecule has 1 heterocycles. The number of halogens is 1. The van der Waals surface area contributed by atoms with Gasteiger partial charge in [0.1, 0.15) is 24.3 Å². The molecule has 0 saturated heterocycles. The Bertz CT molecular complexity index is 999. The van der Waals surface area contributed by atoms with Crippen molar-refractivity contribution in [3.8, 4) is 5.75 Å². The molecule has 2 aromatic carbocycles. The highest BCUT2D eigenvalue weighted by Gasteiger charge is 2.11. The molecule has 0 aliphatic heterocycles. The van der Waals surface area contributed by atoms with E-state index >= 15 is 0 Å². The number of ketones is 1. The fourth-order valence-corrected chi connectivity index (χ4v) is 2.52. The predicted molar refractivity (Wildman–Crippen MR) is 93.9 cm³/mol. The molecule has 0 unspecified atom stereocenters. The first-order valence-electron chi connectivity index (χ1n) is 8.00. The summed E-state index contributed by atoms with van der Waals surface area (Å²) >= 11 is 0. The fraction of sp³-hybridized carbons (Fsp3) is 0.211. The highest BCUT2D eigenvalue weighted by Crippen LogP contribution is 2.13. The normalized spacial score (nSPS) is 12.1. The zero-order chi connectivity index (χ0) is 18.7. The topological polar surface area (TPSA) is 81.4 Å². The number of rotatable bonds is 6. The first kappa shape index (κ1) is 17.8. The van der Waals surface area contributed by atoms with E-state index in [9.17, 15) is 19.1 Å². The van der Waals surface area contributed by atoms with Gasteiger partial charge < -0.3 is 9.84 Å². The summed E-state index contributed by atoms with van der Waals surface area (Å²) in [4.78, 5) is 27.6. The van der Waals surface area contributed by atoms with E-state index in [2.05, 4.69) is 4.98 Å². The third-order valence-corrected chi connectivity index (χ3v) is 3.90. The van der Waals surface area contributed by atoms with Crippen LogP contribution in [0, 0.1) is 5.82 Å². The lowest BCUT2D eigenvalue weighted by Crippen LogP contribution is -2.30. The molecule has 0 amide bonds. The van der Waals surface area contributed by atoms with Crippen LogP contribution < -0.4 is 10.3 Å². The molecular formula is C19H17FN2O4. The van der Waals surface area contributed by atoms with E-state index in [1.165, 1.54) is 36.0 Å². The summed E-state index contributed by atoms with van der Waals surface area (Å²) < 4.78 is 19.9. The number of aliphatic hydroxyl groups excluding tert-OH is 1. The number of ether oxygens (including phenoxy) is 1. The molecule has 1 N–H and O–H groups in total. The molecule has 0 aliphatic carbocycles. The lowest BCUT2D eigenvalue weighted by molar-refractivity contribution is 0.0914. The van der Waals surface area contributed by atoms with Gasteiger partial charge in [-0.1, -0.05) is 0 Å². The Morgan fingerprint density at radius 1 is 1.27 bits per heavy atom. The highest BCUT2D eigenvalue weighted by atomic mass is 19.1. The summed E-state index contributed by atoms with van der Waals surface area (Å²) in [5.74, 6) is -0.000435. The van der Waals surface area contributed by atoms with Crippen molar-refractivity contribution in [2.75, 3.05) is 6.61 Å². The Morgan fingerprint density at radius 3 is 2.69 bits per heavy atom. The number of hydrogen-bond acceptors (Lipinski definition) is 5. The third-order valence-electron chi connectivity index (χ3n) is 3.90. The van der Waals surface area contributed by atoms with Crippen LogP contribution in [0.25, 0.3) is 10.9 Å². The molecule has 1 aromatic heterocycles. The van der Waals surface area contributed by atoms with Crippen molar-refractivity contribution in [2.45, 2.75) is 19.6 Å². The quantitative estimate of drug-likeness (QED) is 0.685. The van der Waals surface area contributed by atoms with E-state index in [0.29, 0.717) is 11.3 Å². The molecule has 7 heteroatoms. The van der Waals surface area contributed by atoms with Crippen LogP contribution in [-0.2, 0) is 6.54 Å². The molecule has 26 heavy (non-hydrogen) atoms. The molecule has 3 aromatic rings. The van der Waals surface area contributed by atoms with E-state index in [0.717, 1.165) is 0 Å². The number of nitrogens with zero attached hydrogens (tertiary/aromatic N) is 2. The summed E-state index contributed by atoms with van der Waals surface area (Å²) in [7, 11) is 0. The van der Waals surface area contributed by atoms with Gasteiger partial charge in [-0.2, -0.15) is 0 Å². The zero-order valence-corrected chi connectivity index (χ0v) is 14.1. The number of aliphatic hydroxyl groups is 1. The van der Waals surface area contributed by atoms with Crippen LogP contribution in [0.3, 0.4) is 0 Å². The van der Waals surface area contributed by atoms with Gasteiger partial charge in [-0.15, -0.1) is 0 Å². The highest BCUT2D eigenvalue weighted by molar-refractivity contribution is 5.94. The maximum atomic E-state index is 13.2. The predicted octanol–water partition coefficient (Wildman–Crippen LogP) is 2.18. The summed E-state index contributed by atoms with van der Waals surface area (Å²) in [5, 5.41) is 10.4. The van der Waals surface area contributed by atoms with Gasteiger partial charge in [0.05, 0.1) is 23.8 Å². The molecule has 0 bridgehead atoms. The first-order valence-corrected chi connectivity index (χ1v) is 8.00. The van der Waals surface area contributed by atoms with Crippen molar-refractivity contribution in [1.82, 2.24) is 9.55 Å². The summed E-state index contributed by atoms with van der Waals surface area (Å²) in [6.07, 6.45) is 0.328. The lowest BCUT2D eigenvalue weighted by atomic mass is 10.1. The fourth-order valence-electron chi connectivity index (χ4n) is 2.52. The van der Waals surface area contributed by atoms with E-state index in [-0.39, 0.29) is 35.4 Å². The maximum absolute atomic E-state index is 13.2. The van der Waals surface area contributed by atoms with Gasteiger partial charge in [0.15, 0.2) is 5.78 Å². The minimum Gasteiger partial charge on any atom is -0.491 e. The van der Waals surface area contributed by atoms with Crippen molar-refractivity contribution in [1.29, 1.82) is 0 Å². The molecule has 134 valence electrons. The van der Waals surface area contributed by atoms with Gasteiger partial charge in [-0.3, -0.25) is 14.2 Å². The molecular weight excluding hydrogens is 339 g/mol. The van der Waals surface area contributed by atoms with Gasteiger partial charge in [0, 0.05) is 11.6 Å². The van der Waals surface area contributed by atoms with Gasteiger partial charge >= 0.3 is 0 Å².